The van der Waals surface area contributed by atoms with Gasteiger partial charge in [0.1, 0.15) is 11.6 Å². The molecule has 1 atom stereocenters. The molecule has 7 nitrogen and oxygen atoms in total. The number of likely N-dealkylation sites (tertiary alicyclic amines) is 1. The number of hydrogen-bond donors (Lipinski definition) is 1. The molecule has 0 saturated carbocycles. The molecule has 1 aliphatic rings. The molecule has 0 spiro atoms. The molecule has 3 aromatic rings. The summed E-state index contributed by atoms with van der Waals surface area (Å²) >= 11 is 0. The van der Waals surface area contributed by atoms with Gasteiger partial charge in [0.05, 0.1) is 5.69 Å². The molecule has 1 N–H and O–H groups in total. The van der Waals surface area contributed by atoms with Crippen LogP contribution in [0.1, 0.15) is 43.4 Å². The van der Waals surface area contributed by atoms with Gasteiger partial charge in [0.25, 0.3) is 11.5 Å². The lowest BCUT2D eigenvalue weighted by molar-refractivity contribution is -0.132. The van der Waals surface area contributed by atoms with Gasteiger partial charge in [-0.15, -0.1) is 0 Å². The van der Waals surface area contributed by atoms with Gasteiger partial charge in [0.15, 0.2) is 6.61 Å². The van der Waals surface area contributed by atoms with Crippen LogP contribution in [-0.4, -0.2) is 45.5 Å². The second-order valence-electron chi connectivity index (χ2n) is 8.06. The number of para-hydroxylation sites is 1. The summed E-state index contributed by atoms with van der Waals surface area (Å²) < 4.78 is 5.84. The van der Waals surface area contributed by atoms with Crippen molar-refractivity contribution >= 4 is 5.91 Å². The number of aromatic nitrogens is 3. The zero-order chi connectivity index (χ0) is 21.8. The van der Waals surface area contributed by atoms with Gasteiger partial charge in [-0.25, -0.2) is 4.98 Å². The van der Waals surface area contributed by atoms with Crippen LogP contribution in [0.2, 0.25) is 0 Å². The van der Waals surface area contributed by atoms with Gasteiger partial charge < -0.3 is 14.6 Å². The molecule has 0 unspecified atom stereocenters. The molecule has 3 heterocycles. The minimum Gasteiger partial charge on any atom is -0.483 e. The molecule has 0 aliphatic carbocycles. The van der Waals surface area contributed by atoms with E-state index in [1.807, 2.05) is 24.3 Å². The normalized spacial score (nSPS) is 16.0. The van der Waals surface area contributed by atoms with Crippen LogP contribution in [0.25, 0.3) is 11.4 Å². The molecule has 31 heavy (non-hydrogen) atoms. The lowest BCUT2D eigenvalue weighted by atomic mass is 10.0. The summed E-state index contributed by atoms with van der Waals surface area (Å²) in [5.41, 5.74) is 2.40. The fourth-order valence-electron chi connectivity index (χ4n) is 3.88. The maximum atomic E-state index is 12.7. The van der Waals surface area contributed by atoms with E-state index in [9.17, 15) is 9.59 Å². The Hall–Kier alpha value is -3.48. The Labute approximate surface area is 181 Å². The van der Waals surface area contributed by atoms with Crippen LogP contribution in [-0.2, 0) is 4.79 Å². The minimum absolute atomic E-state index is 0.00151. The average Bonchev–Trinajstić information content (AvgIpc) is 3.28. The quantitative estimate of drug-likeness (QED) is 0.663. The van der Waals surface area contributed by atoms with Crippen molar-refractivity contribution in [2.24, 2.45) is 0 Å². The van der Waals surface area contributed by atoms with Crippen LogP contribution in [0, 0.1) is 0 Å². The fraction of sp³-hybridized carbons (Fsp3) is 0.333. The summed E-state index contributed by atoms with van der Waals surface area (Å²) in [4.78, 5) is 38.1. The number of amides is 1. The number of aromatic amines is 1. The van der Waals surface area contributed by atoms with Crippen LogP contribution in [0.5, 0.6) is 5.75 Å². The number of pyridine rings is 1. The number of rotatable bonds is 6. The van der Waals surface area contributed by atoms with Gasteiger partial charge in [-0.3, -0.25) is 14.6 Å². The highest BCUT2D eigenvalue weighted by Gasteiger charge is 2.29. The number of carbonyl (C=O) groups is 1. The number of hydrogen-bond acceptors (Lipinski definition) is 5. The highest BCUT2D eigenvalue weighted by atomic mass is 16.5. The van der Waals surface area contributed by atoms with Crippen molar-refractivity contribution in [2.45, 2.75) is 32.1 Å². The van der Waals surface area contributed by atoms with Crippen molar-refractivity contribution in [2.75, 3.05) is 19.7 Å². The Morgan fingerprint density at radius 2 is 2.00 bits per heavy atom. The van der Waals surface area contributed by atoms with Crippen molar-refractivity contribution in [3.63, 3.8) is 0 Å². The Morgan fingerprint density at radius 1 is 1.23 bits per heavy atom. The first kappa shape index (κ1) is 20.8. The molecule has 4 rings (SSSR count). The van der Waals surface area contributed by atoms with E-state index < -0.39 is 0 Å². The predicted octanol–water partition coefficient (Wildman–Crippen LogP) is 3.35. The molecule has 1 aromatic carbocycles. The first-order chi connectivity index (χ1) is 15.0. The Balaban J connectivity index is 1.42. The monoisotopic (exact) mass is 418 g/mol. The molecule has 1 fully saturated rings. The van der Waals surface area contributed by atoms with Crippen molar-refractivity contribution in [1.82, 2.24) is 19.9 Å². The molecule has 1 aliphatic heterocycles. The van der Waals surface area contributed by atoms with E-state index >= 15 is 0 Å². The van der Waals surface area contributed by atoms with E-state index in [0.717, 1.165) is 23.3 Å². The van der Waals surface area contributed by atoms with Gasteiger partial charge >= 0.3 is 0 Å². The lowest BCUT2D eigenvalue weighted by Gasteiger charge is -2.18. The van der Waals surface area contributed by atoms with Crippen LogP contribution in [0.4, 0.5) is 0 Å². The van der Waals surface area contributed by atoms with E-state index in [0.29, 0.717) is 30.5 Å². The summed E-state index contributed by atoms with van der Waals surface area (Å²) in [5, 5.41) is 0. The summed E-state index contributed by atoms with van der Waals surface area (Å²) in [6.45, 7) is 5.35. The van der Waals surface area contributed by atoms with Crippen molar-refractivity contribution < 1.29 is 9.53 Å². The zero-order valence-corrected chi connectivity index (χ0v) is 17.7. The minimum atomic E-state index is -0.199. The van der Waals surface area contributed by atoms with E-state index in [2.05, 4.69) is 28.8 Å². The fourth-order valence-corrected chi connectivity index (χ4v) is 3.88. The number of benzene rings is 1. The Morgan fingerprint density at radius 3 is 2.77 bits per heavy atom. The topological polar surface area (TPSA) is 88.2 Å². The van der Waals surface area contributed by atoms with E-state index in [1.165, 1.54) is 6.07 Å². The third-order valence-corrected chi connectivity index (χ3v) is 5.57. The van der Waals surface area contributed by atoms with Crippen LogP contribution in [0.15, 0.2) is 59.7 Å². The first-order valence-corrected chi connectivity index (χ1v) is 10.5. The van der Waals surface area contributed by atoms with Crippen molar-refractivity contribution in [3.8, 4) is 17.1 Å². The summed E-state index contributed by atoms with van der Waals surface area (Å²) in [6.07, 6.45) is 4.09. The highest BCUT2D eigenvalue weighted by molar-refractivity contribution is 5.78. The Kier molecular flexibility index (Phi) is 6.11. The number of carbonyl (C=O) groups excluding carboxylic acids is 1. The first-order valence-electron chi connectivity index (χ1n) is 10.5. The zero-order valence-electron chi connectivity index (χ0n) is 17.7. The van der Waals surface area contributed by atoms with Crippen molar-refractivity contribution in [3.05, 3.63) is 76.5 Å². The van der Waals surface area contributed by atoms with E-state index in [4.69, 9.17) is 4.74 Å². The molecule has 0 bridgehead atoms. The predicted molar refractivity (Wildman–Crippen MR) is 118 cm³/mol. The standard InChI is InChI=1S/C24H26N4O3/c1-16(2)19-5-3-4-6-21(19)31-15-23(30)28-12-9-18(14-28)20-13-22(29)27-24(26-20)17-7-10-25-11-8-17/h3-8,10-11,13,16,18H,9,12,14-15H2,1-2H3,(H,26,27,29)/t18-/m0/s1. The Bertz CT molecular complexity index is 1110. The largest absolute Gasteiger partial charge is 0.483 e. The van der Waals surface area contributed by atoms with Gasteiger partial charge in [0, 0.05) is 43.0 Å². The van der Waals surface area contributed by atoms with Crippen LogP contribution in [0.3, 0.4) is 0 Å². The lowest BCUT2D eigenvalue weighted by Crippen LogP contribution is -2.33. The summed E-state index contributed by atoms with van der Waals surface area (Å²) in [5.74, 6) is 1.55. The SMILES string of the molecule is CC(C)c1ccccc1OCC(=O)N1CC[C@H](c2cc(=O)[nH]c(-c3ccncc3)n2)C1. The number of nitrogens with zero attached hydrogens (tertiary/aromatic N) is 3. The average molecular weight is 418 g/mol. The third-order valence-electron chi connectivity index (χ3n) is 5.57. The van der Waals surface area contributed by atoms with E-state index in [-0.39, 0.29) is 24.0 Å². The maximum Gasteiger partial charge on any atom is 0.260 e. The molecule has 2 aromatic heterocycles. The van der Waals surface area contributed by atoms with Crippen LogP contribution >= 0.6 is 0 Å². The smallest absolute Gasteiger partial charge is 0.260 e. The molecule has 0 radical (unpaired) electrons. The molecular weight excluding hydrogens is 392 g/mol. The van der Waals surface area contributed by atoms with Crippen molar-refractivity contribution in [1.29, 1.82) is 0 Å². The maximum absolute atomic E-state index is 12.7. The number of ether oxygens (including phenoxy) is 1. The van der Waals surface area contributed by atoms with Crippen LogP contribution < -0.4 is 10.3 Å². The number of H-pyrrole nitrogens is 1. The van der Waals surface area contributed by atoms with E-state index in [1.54, 1.807) is 29.4 Å². The van der Waals surface area contributed by atoms with Gasteiger partial charge in [-0.05, 0) is 36.1 Å². The molecule has 160 valence electrons. The molecular formula is C24H26N4O3. The molecule has 7 heteroatoms. The molecule has 1 saturated heterocycles. The highest BCUT2D eigenvalue weighted by Crippen LogP contribution is 2.28. The summed E-state index contributed by atoms with van der Waals surface area (Å²) in [7, 11) is 0. The second-order valence-corrected chi connectivity index (χ2v) is 8.06. The van der Waals surface area contributed by atoms with Gasteiger partial charge in [-0.1, -0.05) is 32.0 Å². The summed E-state index contributed by atoms with van der Waals surface area (Å²) in [6, 6.07) is 12.9. The second kappa shape index (κ2) is 9.12. The molecule has 1 amide bonds. The van der Waals surface area contributed by atoms with Gasteiger partial charge in [-0.2, -0.15) is 0 Å². The third kappa shape index (κ3) is 4.82. The number of nitrogens with one attached hydrogen (secondary N) is 1. The van der Waals surface area contributed by atoms with Gasteiger partial charge in [0.2, 0.25) is 0 Å².